The third-order valence-corrected chi connectivity index (χ3v) is 4.60. The summed E-state index contributed by atoms with van der Waals surface area (Å²) in [6, 6.07) is 19.0. The van der Waals surface area contributed by atoms with Crippen molar-refractivity contribution in [1.29, 1.82) is 0 Å². The fourth-order valence-corrected chi connectivity index (χ4v) is 3.19. The summed E-state index contributed by atoms with van der Waals surface area (Å²) in [5.74, 6) is 0.567. The monoisotopic (exact) mass is 410 g/mol. The summed E-state index contributed by atoms with van der Waals surface area (Å²) in [6.45, 7) is 0. The number of nitrogens with zero attached hydrogens (tertiary/aromatic N) is 3. The first kappa shape index (κ1) is 18.3. The summed E-state index contributed by atoms with van der Waals surface area (Å²) in [7, 11) is 0. The van der Waals surface area contributed by atoms with E-state index in [9.17, 15) is 4.39 Å². The van der Waals surface area contributed by atoms with Gasteiger partial charge in [0.1, 0.15) is 5.82 Å². The molecule has 0 radical (unpaired) electrons. The van der Waals surface area contributed by atoms with Gasteiger partial charge in [-0.05, 0) is 36.4 Å². The first-order chi connectivity index (χ1) is 13.6. The van der Waals surface area contributed by atoms with Crippen LogP contribution in [0.3, 0.4) is 0 Å². The van der Waals surface area contributed by atoms with E-state index >= 15 is 0 Å². The van der Waals surface area contributed by atoms with Crippen molar-refractivity contribution >= 4 is 46.1 Å². The average molecular weight is 411 g/mol. The lowest BCUT2D eigenvalue weighted by Gasteiger charge is -2.09. The molecule has 0 unspecified atom stereocenters. The number of hydrazone groups is 1. The van der Waals surface area contributed by atoms with Crippen LogP contribution < -0.4 is 5.43 Å². The Morgan fingerprint density at radius 3 is 2.54 bits per heavy atom. The molecule has 28 heavy (non-hydrogen) atoms. The number of nitrogens with one attached hydrogen (secondary N) is 1. The lowest BCUT2D eigenvalue weighted by Crippen LogP contribution is -2.00. The van der Waals surface area contributed by atoms with Crippen LogP contribution in [0.4, 0.5) is 10.2 Å². The van der Waals surface area contributed by atoms with Crippen LogP contribution in [-0.2, 0) is 0 Å². The normalized spacial score (nSPS) is 11.2. The molecule has 3 aromatic carbocycles. The molecule has 4 aromatic rings. The van der Waals surface area contributed by atoms with Crippen molar-refractivity contribution in [3.8, 4) is 11.4 Å². The average Bonchev–Trinajstić information content (AvgIpc) is 2.69. The van der Waals surface area contributed by atoms with E-state index in [-0.39, 0.29) is 5.82 Å². The molecule has 0 aliphatic heterocycles. The Hall–Kier alpha value is -3.02. The Bertz CT molecular complexity index is 1190. The highest BCUT2D eigenvalue weighted by Crippen LogP contribution is 2.31. The third-order valence-electron chi connectivity index (χ3n) is 4.05. The molecule has 7 heteroatoms. The van der Waals surface area contributed by atoms with Crippen molar-refractivity contribution in [3.63, 3.8) is 0 Å². The Balaban J connectivity index is 1.75. The topological polar surface area (TPSA) is 50.2 Å². The number of benzene rings is 3. The molecule has 0 atom stereocenters. The highest BCUT2D eigenvalue weighted by atomic mass is 35.5. The molecule has 0 aliphatic carbocycles. The maximum atomic E-state index is 13.8. The van der Waals surface area contributed by atoms with E-state index in [1.165, 1.54) is 12.3 Å². The molecule has 0 saturated carbocycles. The molecular formula is C21H13Cl2FN4. The highest BCUT2D eigenvalue weighted by Gasteiger charge is 2.12. The van der Waals surface area contributed by atoms with Gasteiger partial charge in [0, 0.05) is 21.5 Å². The van der Waals surface area contributed by atoms with E-state index in [4.69, 9.17) is 23.2 Å². The number of aromatic nitrogens is 2. The van der Waals surface area contributed by atoms with Gasteiger partial charge in [-0.25, -0.2) is 14.4 Å². The zero-order valence-corrected chi connectivity index (χ0v) is 15.9. The lowest BCUT2D eigenvalue weighted by atomic mass is 10.2. The van der Waals surface area contributed by atoms with Crippen molar-refractivity contribution < 1.29 is 4.39 Å². The first-order valence-corrected chi connectivity index (χ1v) is 9.13. The number of halogens is 3. The largest absolute Gasteiger partial charge is 0.261 e. The molecule has 0 aliphatic rings. The van der Waals surface area contributed by atoms with Gasteiger partial charge >= 0.3 is 0 Å². The number of para-hydroxylation sites is 1. The van der Waals surface area contributed by atoms with E-state index in [2.05, 4.69) is 20.5 Å². The zero-order valence-electron chi connectivity index (χ0n) is 14.4. The Morgan fingerprint density at radius 2 is 1.71 bits per heavy atom. The first-order valence-electron chi connectivity index (χ1n) is 8.37. The second-order valence-corrected chi connectivity index (χ2v) is 6.77. The van der Waals surface area contributed by atoms with Gasteiger partial charge in [-0.15, -0.1) is 0 Å². The molecule has 4 rings (SSSR count). The minimum atomic E-state index is -0.353. The zero-order chi connectivity index (χ0) is 19.5. The summed E-state index contributed by atoms with van der Waals surface area (Å²) in [4.78, 5) is 9.14. The SMILES string of the molecule is Fc1ccccc1/C=N\Nc1nc(-c2ccc(Cl)cc2Cl)nc2ccccc12. The van der Waals surface area contributed by atoms with Gasteiger partial charge in [-0.3, -0.25) is 5.43 Å². The lowest BCUT2D eigenvalue weighted by molar-refractivity contribution is 0.626. The standard InChI is InChI=1S/C21H13Cl2FN4/c22-14-9-10-15(17(23)11-14)20-26-19-8-4-2-6-16(19)21(27-20)28-25-12-13-5-1-3-7-18(13)24/h1-12H,(H,26,27,28)/b25-12-. The van der Waals surface area contributed by atoms with Gasteiger partial charge in [0.15, 0.2) is 11.6 Å². The fourth-order valence-electron chi connectivity index (χ4n) is 2.70. The van der Waals surface area contributed by atoms with Crippen molar-refractivity contribution in [2.45, 2.75) is 0 Å². The van der Waals surface area contributed by atoms with Crippen LogP contribution in [0.25, 0.3) is 22.3 Å². The van der Waals surface area contributed by atoms with Crippen molar-refractivity contribution in [1.82, 2.24) is 9.97 Å². The molecule has 1 heterocycles. The van der Waals surface area contributed by atoms with Gasteiger partial charge < -0.3 is 0 Å². The van der Waals surface area contributed by atoms with E-state index in [1.807, 2.05) is 24.3 Å². The molecular weight excluding hydrogens is 398 g/mol. The molecule has 0 saturated heterocycles. The predicted octanol–water partition coefficient (Wildman–Crippen LogP) is 6.19. The second-order valence-electron chi connectivity index (χ2n) is 5.93. The van der Waals surface area contributed by atoms with E-state index < -0.39 is 0 Å². The molecule has 1 aromatic heterocycles. The van der Waals surface area contributed by atoms with Gasteiger partial charge in [0.2, 0.25) is 0 Å². The van der Waals surface area contributed by atoms with Crippen molar-refractivity contribution in [2.24, 2.45) is 5.10 Å². The molecule has 1 N–H and O–H groups in total. The number of fused-ring (bicyclic) bond motifs is 1. The van der Waals surface area contributed by atoms with Crippen molar-refractivity contribution in [3.05, 3.63) is 88.2 Å². The maximum Gasteiger partial charge on any atom is 0.163 e. The quantitative estimate of drug-likeness (QED) is 0.322. The predicted molar refractivity (Wildman–Crippen MR) is 113 cm³/mol. The third kappa shape index (κ3) is 3.81. The Morgan fingerprint density at radius 1 is 0.929 bits per heavy atom. The summed E-state index contributed by atoms with van der Waals surface area (Å²) in [6.07, 6.45) is 1.40. The molecule has 138 valence electrons. The molecule has 0 bridgehead atoms. The number of anilines is 1. The van der Waals surface area contributed by atoms with Gasteiger partial charge in [0.25, 0.3) is 0 Å². The number of hydrogen-bond donors (Lipinski definition) is 1. The fraction of sp³-hybridized carbons (Fsp3) is 0. The summed E-state index contributed by atoms with van der Waals surface area (Å²) >= 11 is 12.3. The summed E-state index contributed by atoms with van der Waals surface area (Å²) in [5, 5.41) is 5.89. The van der Waals surface area contributed by atoms with Gasteiger partial charge in [-0.2, -0.15) is 5.10 Å². The van der Waals surface area contributed by atoms with Gasteiger partial charge in [-0.1, -0.05) is 53.5 Å². The van der Waals surface area contributed by atoms with Gasteiger partial charge in [0.05, 0.1) is 16.8 Å². The minimum absolute atomic E-state index is 0.353. The summed E-state index contributed by atoms with van der Waals surface area (Å²) in [5.41, 5.74) is 4.63. The Labute approximate surface area is 170 Å². The molecule has 0 fully saturated rings. The van der Waals surface area contributed by atoms with E-state index in [0.29, 0.717) is 32.8 Å². The van der Waals surface area contributed by atoms with Crippen LogP contribution in [-0.4, -0.2) is 16.2 Å². The van der Waals surface area contributed by atoms with Crippen LogP contribution in [0, 0.1) is 5.82 Å². The van der Waals surface area contributed by atoms with Crippen LogP contribution in [0.1, 0.15) is 5.56 Å². The number of rotatable bonds is 4. The van der Waals surface area contributed by atoms with Crippen LogP contribution in [0.2, 0.25) is 10.0 Å². The molecule has 0 amide bonds. The smallest absolute Gasteiger partial charge is 0.163 e. The molecule has 0 spiro atoms. The molecule has 4 nitrogen and oxygen atoms in total. The minimum Gasteiger partial charge on any atom is -0.261 e. The van der Waals surface area contributed by atoms with Crippen molar-refractivity contribution in [2.75, 3.05) is 5.43 Å². The Kier molecular flexibility index (Phi) is 5.19. The summed E-state index contributed by atoms with van der Waals surface area (Å²) < 4.78 is 13.8. The van der Waals surface area contributed by atoms with E-state index in [1.54, 1.807) is 36.4 Å². The number of hydrogen-bond acceptors (Lipinski definition) is 4. The van der Waals surface area contributed by atoms with Crippen LogP contribution in [0.15, 0.2) is 71.8 Å². The van der Waals surface area contributed by atoms with E-state index in [0.717, 1.165) is 10.9 Å². The maximum absolute atomic E-state index is 13.8. The van der Waals surface area contributed by atoms with Crippen LogP contribution in [0.5, 0.6) is 0 Å². The second kappa shape index (κ2) is 7.92. The van der Waals surface area contributed by atoms with Crippen LogP contribution >= 0.6 is 23.2 Å². The highest BCUT2D eigenvalue weighted by molar-refractivity contribution is 6.36.